The molecule has 140 valence electrons. The molecule has 1 N–H and O–H groups in total. The molecule has 4 rings (SSSR count). The van der Waals surface area contributed by atoms with Gasteiger partial charge in [0.25, 0.3) is 5.91 Å². The maximum atomic E-state index is 14.8. The molecule has 3 aromatic carbocycles. The number of benzene rings is 3. The fourth-order valence-electron chi connectivity index (χ4n) is 3.87. The largest absolute Gasteiger partial charge is 0.372 e. The summed E-state index contributed by atoms with van der Waals surface area (Å²) < 4.78 is 14.8. The second-order valence-corrected chi connectivity index (χ2v) is 6.79. The van der Waals surface area contributed by atoms with Gasteiger partial charge in [-0.25, -0.2) is 4.39 Å². The standard InChI is InChI=1S/C24H20FNO2/c1-2-19(18-12-7-4-8-13-18)24(28)20-14-9-15-21(25)22(20)26(23(24)27)16-17-10-5-3-6-11-17/h2-15,28H,16H2,1H3/b19-2+. The smallest absolute Gasteiger partial charge is 0.268 e. The lowest BCUT2D eigenvalue weighted by molar-refractivity contribution is -0.130. The number of aliphatic hydroxyl groups is 1. The molecule has 1 aliphatic rings. The molecular formula is C24H20FNO2. The van der Waals surface area contributed by atoms with Gasteiger partial charge in [-0.2, -0.15) is 0 Å². The molecule has 1 amide bonds. The van der Waals surface area contributed by atoms with E-state index in [4.69, 9.17) is 0 Å². The summed E-state index contributed by atoms with van der Waals surface area (Å²) in [4.78, 5) is 14.8. The summed E-state index contributed by atoms with van der Waals surface area (Å²) in [5, 5.41) is 11.7. The molecule has 1 heterocycles. The molecule has 0 aliphatic carbocycles. The highest BCUT2D eigenvalue weighted by atomic mass is 19.1. The van der Waals surface area contributed by atoms with Crippen molar-refractivity contribution in [1.29, 1.82) is 0 Å². The highest BCUT2D eigenvalue weighted by Gasteiger charge is 2.53. The predicted molar refractivity (Wildman–Crippen MR) is 108 cm³/mol. The van der Waals surface area contributed by atoms with Crippen molar-refractivity contribution in [2.45, 2.75) is 19.1 Å². The molecule has 0 radical (unpaired) electrons. The van der Waals surface area contributed by atoms with E-state index in [1.165, 1.54) is 17.0 Å². The number of nitrogens with zero attached hydrogens (tertiary/aromatic N) is 1. The van der Waals surface area contributed by atoms with Crippen LogP contribution in [-0.4, -0.2) is 11.0 Å². The average Bonchev–Trinajstić information content (AvgIpc) is 2.94. The number of halogens is 1. The monoisotopic (exact) mass is 373 g/mol. The number of fused-ring (bicyclic) bond motifs is 1. The summed E-state index contributed by atoms with van der Waals surface area (Å²) in [5.41, 5.74) is 0.483. The van der Waals surface area contributed by atoms with E-state index in [0.29, 0.717) is 5.57 Å². The summed E-state index contributed by atoms with van der Waals surface area (Å²) in [6.45, 7) is 1.95. The van der Waals surface area contributed by atoms with Crippen molar-refractivity contribution >= 4 is 17.2 Å². The Bertz CT molecular complexity index is 1050. The molecule has 28 heavy (non-hydrogen) atoms. The average molecular weight is 373 g/mol. The molecule has 1 unspecified atom stereocenters. The van der Waals surface area contributed by atoms with Crippen molar-refractivity contribution in [2.24, 2.45) is 0 Å². The van der Waals surface area contributed by atoms with Crippen molar-refractivity contribution in [3.63, 3.8) is 0 Å². The third kappa shape index (κ3) is 2.74. The fourth-order valence-corrected chi connectivity index (χ4v) is 3.87. The first-order valence-electron chi connectivity index (χ1n) is 9.17. The van der Waals surface area contributed by atoms with Gasteiger partial charge >= 0.3 is 0 Å². The van der Waals surface area contributed by atoms with Crippen LogP contribution in [0.1, 0.15) is 23.6 Å². The Balaban J connectivity index is 1.88. The highest BCUT2D eigenvalue weighted by molar-refractivity contribution is 6.14. The minimum absolute atomic E-state index is 0.133. The Labute approximate surface area is 163 Å². The summed E-state index contributed by atoms with van der Waals surface area (Å²) in [6, 6.07) is 23.0. The van der Waals surface area contributed by atoms with Crippen LogP contribution < -0.4 is 4.90 Å². The fraction of sp³-hybridized carbons (Fsp3) is 0.125. The Hall–Kier alpha value is -3.24. The van der Waals surface area contributed by atoms with E-state index in [1.54, 1.807) is 19.1 Å². The number of anilines is 1. The Kier molecular flexibility index (Phi) is 4.57. The summed E-state index contributed by atoms with van der Waals surface area (Å²) in [5.74, 6) is -1.07. The lowest BCUT2D eigenvalue weighted by atomic mass is 9.83. The molecule has 0 aromatic heterocycles. The highest BCUT2D eigenvalue weighted by Crippen LogP contribution is 2.49. The van der Waals surface area contributed by atoms with Gasteiger partial charge in [-0.05, 0) is 24.1 Å². The van der Waals surface area contributed by atoms with E-state index in [9.17, 15) is 14.3 Å². The maximum Gasteiger partial charge on any atom is 0.268 e. The van der Waals surface area contributed by atoms with Gasteiger partial charge in [-0.15, -0.1) is 0 Å². The van der Waals surface area contributed by atoms with Gasteiger partial charge in [0, 0.05) is 11.1 Å². The van der Waals surface area contributed by atoms with Crippen LogP contribution >= 0.6 is 0 Å². The van der Waals surface area contributed by atoms with Gasteiger partial charge in [-0.3, -0.25) is 4.79 Å². The van der Waals surface area contributed by atoms with E-state index < -0.39 is 17.3 Å². The number of hydrogen-bond acceptors (Lipinski definition) is 2. The molecule has 0 fully saturated rings. The van der Waals surface area contributed by atoms with E-state index in [-0.39, 0.29) is 17.8 Å². The summed E-state index contributed by atoms with van der Waals surface area (Å²) in [7, 11) is 0. The van der Waals surface area contributed by atoms with Gasteiger partial charge in [0.1, 0.15) is 5.82 Å². The lowest BCUT2D eigenvalue weighted by Crippen LogP contribution is -2.41. The minimum Gasteiger partial charge on any atom is -0.372 e. The number of carbonyl (C=O) groups excluding carboxylic acids is 1. The van der Waals surface area contributed by atoms with Crippen LogP contribution in [0.5, 0.6) is 0 Å². The number of rotatable bonds is 4. The van der Waals surface area contributed by atoms with Crippen molar-refractivity contribution in [3.8, 4) is 0 Å². The van der Waals surface area contributed by atoms with Crippen LogP contribution in [0.4, 0.5) is 10.1 Å². The van der Waals surface area contributed by atoms with Crippen LogP contribution in [0.3, 0.4) is 0 Å². The number of hydrogen-bond donors (Lipinski definition) is 1. The molecule has 0 saturated carbocycles. The van der Waals surface area contributed by atoms with Crippen molar-refractivity contribution < 1.29 is 14.3 Å². The third-order valence-electron chi connectivity index (χ3n) is 5.15. The van der Waals surface area contributed by atoms with Gasteiger partial charge in [0.15, 0.2) is 5.60 Å². The lowest BCUT2D eigenvalue weighted by Gasteiger charge is -2.26. The first-order chi connectivity index (χ1) is 13.6. The van der Waals surface area contributed by atoms with Gasteiger partial charge < -0.3 is 10.0 Å². The quantitative estimate of drug-likeness (QED) is 0.722. The minimum atomic E-state index is -1.94. The van der Waals surface area contributed by atoms with E-state index in [2.05, 4.69) is 0 Å². The molecule has 0 bridgehead atoms. The third-order valence-corrected chi connectivity index (χ3v) is 5.15. The topological polar surface area (TPSA) is 40.5 Å². The zero-order chi connectivity index (χ0) is 19.7. The van der Waals surface area contributed by atoms with Crippen LogP contribution in [0.25, 0.3) is 5.57 Å². The normalized spacial score (nSPS) is 19.0. The molecule has 0 saturated heterocycles. The van der Waals surface area contributed by atoms with Crippen molar-refractivity contribution in [2.75, 3.05) is 4.90 Å². The summed E-state index contributed by atoms with van der Waals surface area (Å²) >= 11 is 0. The molecule has 4 heteroatoms. The first-order valence-corrected chi connectivity index (χ1v) is 9.17. The zero-order valence-corrected chi connectivity index (χ0v) is 15.5. The first kappa shape index (κ1) is 18.1. The molecule has 3 nitrogen and oxygen atoms in total. The second kappa shape index (κ2) is 7.06. The van der Waals surface area contributed by atoms with Gasteiger partial charge in [0.2, 0.25) is 0 Å². The van der Waals surface area contributed by atoms with Crippen LogP contribution in [0.2, 0.25) is 0 Å². The number of allylic oxidation sites excluding steroid dienone is 1. The van der Waals surface area contributed by atoms with Crippen molar-refractivity contribution in [3.05, 3.63) is 107 Å². The Morgan fingerprint density at radius 3 is 2.29 bits per heavy atom. The number of amides is 1. The van der Waals surface area contributed by atoms with Crippen LogP contribution in [0, 0.1) is 5.82 Å². The second-order valence-electron chi connectivity index (χ2n) is 6.79. The molecule has 1 aliphatic heterocycles. The SMILES string of the molecule is C/C=C(\c1ccccc1)C1(O)C(=O)N(Cc2ccccc2)c2c(F)cccc21. The number of carbonyl (C=O) groups is 1. The van der Waals surface area contributed by atoms with Gasteiger partial charge in [-0.1, -0.05) is 78.9 Å². The maximum absolute atomic E-state index is 14.8. The van der Waals surface area contributed by atoms with Crippen LogP contribution in [0.15, 0.2) is 84.9 Å². The van der Waals surface area contributed by atoms with Crippen molar-refractivity contribution in [1.82, 2.24) is 0 Å². The van der Waals surface area contributed by atoms with Crippen LogP contribution in [-0.2, 0) is 16.9 Å². The molecule has 0 spiro atoms. The molecule has 1 atom stereocenters. The van der Waals surface area contributed by atoms with E-state index in [0.717, 1.165) is 11.1 Å². The van der Waals surface area contributed by atoms with Gasteiger partial charge in [0.05, 0.1) is 12.2 Å². The zero-order valence-electron chi connectivity index (χ0n) is 15.5. The molecular weight excluding hydrogens is 353 g/mol. The Morgan fingerprint density at radius 1 is 1.00 bits per heavy atom. The number of para-hydroxylation sites is 1. The predicted octanol–water partition coefficient (Wildman–Crippen LogP) is 4.66. The van der Waals surface area contributed by atoms with E-state index in [1.807, 2.05) is 60.7 Å². The molecule has 3 aromatic rings. The van der Waals surface area contributed by atoms with E-state index >= 15 is 0 Å². The summed E-state index contributed by atoms with van der Waals surface area (Å²) in [6.07, 6.45) is 1.72. The Morgan fingerprint density at radius 2 is 1.64 bits per heavy atom.